The molecule has 1 aromatic carbocycles. The predicted molar refractivity (Wildman–Crippen MR) is 78.6 cm³/mol. The van der Waals surface area contributed by atoms with Crippen LogP contribution in [0.15, 0.2) is 24.3 Å². The van der Waals surface area contributed by atoms with Gasteiger partial charge in [-0.15, -0.1) is 0 Å². The molecule has 20 heavy (non-hydrogen) atoms. The summed E-state index contributed by atoms with van der Waals surface area (Å²) in [6, 6.07) is 7.85. The van der Waals surface area contributed by atoms with Crippen LogP contribution in [-0.4, -0.2) is 35.5 Å². The Morgan fingerprint density at radius 3 is 2.20 bits per heavy atom. The number of aliphatic carboxylic acids is 1. The molecule has 1 aromatic rings. The van der Waals surface area contributed by atoms with Gasteiger partial charge in [-0.3, -0.25) is 9.59 Å². The lowest BCUT2D eigenvalue weighted by molar-refractivity contribution is -0.143. The second-order valence-electron chi connectivity index (χ2n) is 5.92. The molecule has 110 valence electrons. The maximum atomic E-state index is 12.5. The molecule has 0 spiro atoms. The number of amides is 1. The van der Waals surface area contributed by atoms with Crippen molar-refractivity contribution in [3.8, 4) is 0 Å². The Bertz CT molecular complexity index is 491. The molecule has 0 heterocycles. The van der Waals surface area contributed by atoms with Gasteiger partial charge in [-0.25, -0.2) is 0 Å². The largest absolute Gasteiger partial charge is 0.481 e. The van der Waals surface area contributed by atoms with Gasteiger partial charge >= 0.3 is 5.97 Å². The molecule has 0 radical (unpaired) electrons. The summed E-state index contributed by atoms with van der Waals surface area (Å²) in [4.78, 5) is 24.9. The topological polar surface area (TPSA) is 57.6 Å². The Hall–Kier alpha value is -1.84. The summed E-state index contributed by atoms with van der Waals surface area (Å²) in [6.07, 6.45) is 0. The SMILES string of the molecule is Cc1ccc(C(C)(C)C(=O)N(C)CC(C)C(=O)O)cc1. The summed E-state index contributed by atoms with van der Waals surface area (Å²) in [5, 5.41) is 8.93. The highest BCUT2D eigenvalue weighted by Gasteiger charge is 2.33. The van der Waals surface area contributed by atoms with Crippen molar-refractivity contribution < 1.29 is 14.7 Å². The summed E-state index contributed by atoms with van der Waals surface area (Å²) in [6.45, 7) is 7.54. The van der Waals surface area contributed by atoms with Crippen LogP contribution in [-0.2, 0) is 15.0 Å². The smallest absolute Gasteiger partial charge is 0.308 e. The summed E-state index contributed by atoms with van der Waals surface area (Å²) in [5.74, 6) is -1.54. The second-order valence-corrected chi connectivity index (χ2v) is 5.92. The van der Waals surface area contributed by atoms with Crippen LogP contribution < -0.4 is 0 Å². The van der Waals surface area contributed by atoms with Crippen LogP contribution in [0.2, 0.25) is 0 Å². The van der Waals surface area contributed by atoms with Crippen molar-refractivity contribution >= 4 is 11.9 Å². The molecule has 4 nitrogen and oxygen atoms in total. The van der Waals surface area contributed by atoms with Crippen molar-refractivity contribution in [1.29, 1.82) is 0 Å². The van der Waals surface area contributed by atoms with E-state index in [1.165, 1.54) is 4.90 Å². The molecule has 0 saturated heterocycles. The number of benzene rings is 1. The summed E-state index contributed by atoms with van der Waals surface area (Å²) >= 11 is 0. The number of carboxylic acid groups (broad SMARTS) is 1. The minimum absolute atomic E-state index is 0.0746. The molecular weight excluding hydrogens is 254 g/mol. The number of hydrogen-bond donors (Lipinski definition) is 1. The number of likely N-dealkylation sites (N-methyl/N-ethyl adjacent to an activating group) is 1. The maximum absolute atomic E-state index is 12.5. The molecule has 0 aromatic heterocycles. The van der Waals surface area contributed by atoms with Gasteiger partial charge in [-0.2, -0.15) is 0 Å². The highest BCUT2D eigenvalue weighted by molar-refractivity contribution is 5.87. The van der Waals surface area contributed by atoms with Crippen molar-refractivity contribution in [1.82, 2.24) is 4.90 Å². The van der Waals surface area contributed by atoms with Gasteiger partial charge < -0.3 is 10.0 Å². The van der Waals surface area contributed by atoms with Crippen molar-refractivity contribution in [2.45, 2.75) is 33.1 Å². The van der Waals surface area contributed by atoms with Crippen LogP contribution in [0.3, 0.4) is 0 Å². The fourth-order valence-corrected chi connectivity index (χ4v) is 2.14. The van der Waals surface area contributed by atoms with E-state index in [-0.39, 0.29) is 12.5 Å². The Morgan fingerprint density at radius 2 is 1.75 bits per heavy atom. The van der Waals surface area contributed by atoms with Gasteiger partial charge in [0.25, 0.3) is 0 Å². The van der Waals surface area contributed by atoms with E-state index in [1.54, 1.807) is 14.0 Å². The number of aryl methyl sites for hydroxylation is 1. The zero-order valence-electron chi connectivity index (χ0n) is 12.8. The normalized spacial score (nSPS) is 12.8. The quantitative estimate of drug-likeness (QED) is 0.899. The Balaban J connectivity index is 2.88. The van der Waals surface area contributed by atoms with Gasteiger partial charge in [0.15, 0.2) is 0 Å². The van der Waals surface area contributed by atoms with E-state index in [2.05, 4.69) is 0 Å². The monoisotopic (exact) mass is 277 g/mol. The highest BCUT2D eigenvalue weighted by atomic mass is 16.4. The zero-order valence-corrected chi connectivity index (χ0v) is 12.8. The molecule has 1 atom stereocenters. The number of carbonyl (C=O) groups excluding carboxylic acids is 1. The van der Waals surface area contributed by atoms with Gasteiger partial charge in [0.05, 0.1) is 11.3 Å². The molecule has 0 aliphatic heterocycles. The molecule has 0 aliphatic rings. The lowest BCUT2D eigenvalue weighted by Gasteiger charge is -2.30. The van der Waals surface area contributed by atoms with E-state index in [0.717, 1.165) is 11.1 Å². The second kappa shape index (κ2) is 6.07. The van der Waals surface area contributed by atoms with Crippen LogP contribution in [0.1, 0.15) is 31.9 Å². The van der Waals surface area contributed by atoms with Crippen molar-refractivity contribution in [3.63, 3.8) is 0 Å². The molecule has 4 heteroatoms. The average molecular weight is 277 g/mol. The Labute approximate surface area is 120 Å². The van der Waals surface area contributed by atoms with Crippen LogP contribution >= 0.6 is 0 Å². The van der Waals surface area contributed by atoms with Crippen LogP contribution in [0.4, 0.5) is 0 Å². The maximum Gasteiger partial charge on any atom is 0.308 e. The molecule has 0 fully saturated rings. The third kappa shape index (κ3) is 3.59. The molecule has 0 aliphatic carbocycles. The number of hydrogen-bond acceptors (Lipinski definition) is 2. The number of nitrogens with zero attached hydrogens (tertiary/aromatic N) is 1. The van der Waals surface area contributed by atoms with Crippen molar-refractivity contribution in [2.24, 2.45) is 5.92 Å². The summed E-state index contributed by atoms with van der Waals surface area (Å²) in [5.41, 5.74) is 1.41. The van der Waals surface area contributed by atoms with Gasteiger partial charge in [0, 0.05) is 13.6 Å². The van der Waals surface area contributed by atoms with E-state index in [1.807, 2.05) is 45.0 Å². The first-order valence-electron chi connectivity index (χ1n) is 6.71. The third-order valence-corrected chi connectivity index (χ3v) is 3.62. The van der Waals surface area contributed by atoms with Gasteiger partial charge in [-0.05, 0) is 26.3 Å². The van der Waals surface area contributed by atoms with Crippen LogP contribution in [0.5, 0.6) is 0 Å². The predicted octanol–water partition coefficient (Wildman–Crippen LogP) is 2.45. The first-order valence-corrected chi connectivity index (χ1v) is 6.71. The molecule has 1 N–H and O–H groups in total. The number of carbonyl (C=O) groups is 2. The summed E-state index contributed by atoms with van der Waals surface area (Å²) < 4.78 is 0. The molecule has 1 unspecified atom stereocenters. The molecule has 0 bridgehead atoms. The van der Waals surface area contributed by atoms with E-state index in [0.29, 0.717) is 0 Å². The fourth-order valence-electron chi connectivity index (χ4n) is 2.14. The van der Waals surface area contributed by atoms with Gasteiger partial charge in [-0.1, -0.05) is 36.8 Å². The van der Waals surface area contributed by atoms with Crippen LogP contribution in [0, 0.1) is 12.8 Å². The molecule has 1 amide bonds. The first-order chi connectivity index (χ1) is 9.16. The van der Waals surface area contributed by atoms with Crippen molar-refractivity contribution in [2.75, 3.05) is 13.6 Å². The van der Waals surface area contributed by atoms with E-state index in [9.17, 15) is 9.59 Å². The van der Waals surface area contributed by atoms with Gasteiger partial charge in [0.2, 0.25) is 5.91 Å². The van der Waals surface area contributed by atoms with E-state index < -0.39 is 17.3 Å². The van der Waals surface area contributed by atoms with Crippen molar-refractivity contribution in [3.05, 3.63) is 35.4 Å². The highest BCUT2D eigenvalue weighted by Crippen LogP contribution is 2.26. The molecule has 1 rings (SSSR count). The summed E-state index contributed by atoms with van der Waals surface area (Å²) in [7, 11) is 1.65. The number of carboxylic acids is 1. The molecule has 0 saturated carbocycles. The Kier molecular flexibility index (Phi) is 4.93. The lowest BCUT2D eigenvalue weighted by atomic mass is 9.83. The first kappa shape index (κ1) is 16.2. The third-order valence-electron chi connectivity index (χ3n) is 3.62. The average Bonchev–Trinajstić information content (AvgIpc) is 2.37. The standard InChI is InChI=1S/C16H23NO3/c1-11-6-8-13(9-7-11)16(3,4)15(20)17(5)10-12(2)14(18)19/h6-9,12H,10H2,1-5H3,(H,18,19). The van der Waals surface area contributed by atoms with E-state index in [4.69, 9.17) is 5.11 Å². The van der Waals surface area contributed by atoms with Crippen LogP contribution in [0.25, 0.3) is 0 Å². The number of rotatable bonds is 5. The fraction of sp³-hybridized carbons (Fsp3) is 0.500. The zero-order chi connectivity index (χ0) is 15.5. The van der Waals surface area contributed by atoms with Gasteiger partial charge in [0.1, 0.15) is 0 Å². The Morgan fingerprint density at radius 1 is 1.25 bits per heavy atom. The lowest BCUT2D eigenvalue weighted by Crippen LogP contribution is -2.43. The minimum Gasteiger partial charge on any atom is -0.481 e. The minimum atomic E-state index is -0.891. The molecular formula is C16H23NO3. The van der Waals surface area contributed by atoms with E-state index >= 15 is 0 Å².